The van der Waals surface area contributed by atoms with Crippen molar-refractivity contribution in [2.24, 2.45) is 5.41 Å². The summed E-state index contributed by atoms with van der Waals surface area (Å²) < 4.78 is 5.33. The molecular formula is C13H22N2O4S. The molecule has 2 rings (SSSR count). The highest BCUT2D eigenvalue weighted by atomic mass is 32.2. The maximum Gasteiger partial charge on any atom is 0.327 e. The fraction of sp³-hybridized carbons (Fsp3) is 0.846. The third-order valence-electron chi connectivity index (χ3n) is 4.11. The summed E-state index contributed by atoms with van der Waals surface area (Å²) in [6, 6.07) is -1.000. The molecule has 0 aromatic carbocycles. The van der Waals surface area contributed by atoms with Gasteiger partial charge in [0, 0.05) is 25.5 Å². The van der Waals surface area contributed by atoms with E-state index in [1.807, 2.05) is 6.92 Å². The lowest BCUT2D eigenvalue weighted by Gasteiger charge is -2.35. The SMILES string of the molecule is CC1SCC(C(=O)O)N1C(=O)NCC1(C)CCOCC1. The molecule has 114 valence electrons. The van der Waals surface area contributed by atoms with Gasteiger partial charge in [0.15, 0.2) is 0 Å². The molecule has 0 spiro atoms. The smallest absolute Gasteiger partial charge is 0.327 e. The van der Waals surface area contributed by atoms with Crippen molar-refractivity contribution in [1.29, 1.82) is 0 Å². The van der Waals surface area contributed by atoms with Crippen LogP contribution < -0.4 is 5.32 Å². The molecule has 2 atom stereocenters. The van der Waals surface area contributed by atoms with Crippen molar-refractivity contribution >= 4 is 23.8 Å². The Morgan fingerprint density at radius 3 is 2.70 bits per heavy atom. The van der Waals surface area contributed by atoms with Gasteiger partial charge in [-0.15, -0.1) is 11.8 Å². The summed E-state index contributed by atoms with van der Waals surface area (Å²) in [5.41, 5.74) is 0.0444. The molecule has 0 radical (unpaired) electrons. The van der Waals surface area contributed by atoms with Crippen molar-refractivity contribution in [2.45, 2.75) is 38.1 Å². The van der Waals surface area contributed by atoms with Crippen LogP contribution in [0.25, 0.3) is 0 Å². The first-order valence-corrected chi connectivity index (χ1v) is 7.96. The molecule has 2 fully saturated rings. The highest BCUT2D eigenvalue weighted by molar-refractivity contribution is 8.00. The second-order valence-electron chi connectivity index (χ2n) is 5.78. The number of amides is 2. The topological polar surface area (TPSA) is 78.9 Å². The number of aliphatic carboxylic acids is 1. The summed E-state index contributed by atoms with van der Waals surface area (Å²) in [5, 5.41) is 12.0. The molecule has 2 aliphatic rings. The predicted molar refractivity (Wildman–Crippen MR) is 76.7 cm³/mol. The molecule has 20 heavy (non-hydrogen) atoms. The van der Waals surface area contributed by atoms with Gasteiger partial charge in [-0.25, -0.2) is 9.59 Å². The molecule has 2 amide bonds. The summed E-state index contributed by atoms with van der Waals surface area (Å²) in [6.07, 6.45) is 1.83. The molecule has 2 unspecified atom stereocenters. The zero-order chi connectivity index (χ0) is 14.8. The fourth-order valence-corrected chi connectivity index (χ4v) is 3.73. The van der Waals surface area contributed by atoms with Crippen molar-refractivity contribution < 1.29 is 19.4 Å². The molecular weight excluding hydrogens is 280 g/mol. The van der Waals surface area contributed by atoms with Gasteiger partial charge in [0.25, 0.3) is 0 Å². The number of nitrogens with zero attached hydrogens (tertiary/aromatic N) is 1. The number of nitrogens with one attached hydrogen (secondary N) is 1. The van der Waals surface area contributed by atoms with Crippen LogP contribution in [0.15, 0.2) is 0 Å². The van der Waals surface area contributed by atoms with Crippen molar-refractivity contribution in [3.63, 3.8) is 0 Å². The third kappa shape index (κ3) is 3.38. The van der Waals surface area contributed by atoms with E-state index in [1.54, 1.807) is 0 Å². The lowest BCUT2D eigenvalue weighted by Crippen LogP contribution is -2.51. The number of carbonyl (C=O) groups excluding carboxylic acids is 1. The largest absolute Gasteiger partial charge is 0.480 e. The highest BCUT2D eigenvalue weighted by Gasteiger charge is 2.40. The number of hydrogen-bond donors (Lipinski definition) is 2. The van der Waals surface area contributed by atoms with Crippen molar-refractivity contribution in [2.75, 3.05) is 25.5 Å². The Morgan fingerprint density at radius 2 is 2.10 bits per heavy atom. The van der Waals surface area contributed by atoms with E-state index in [2.05, 4.69) is 12.2 Å². The Balaban J connectivity index is 1.91. The van der Waals surface area contributed by atoms with Crippen LogP contribution in [0.5, 0.6) is 0 Å². The van der Waals surface area contributed by atoms with Gasteiger partial charge in [-0.05, 0) is 25.2 Å². The molecule has 0 saturated carbocycles. The number of carbonyl (C=O) groups is 2. The Labute approximate surface area is 123 Å². The summed E-state index contributed by atoms with van der Waals surface area (Å²) in [7, 11) is 0. The van der Waals surface area contributed by atoms with Crippen LogP contribution in [0.1, 0.15) is 26.7 Å². The zero-order valence-corrected chi connectivity index (χ0v) is 12.7. The van der Waals surface area contributed by atoms with Crippen molar-refractivity contribution in [1.82, 2.24) is 10.2 Å². The lowest BCUT2D eigenvalue weighted by atomic mass is 9.82. The lowest BCUT2D eigenvalue weighted by molar-refractivity contribution is -0.141. The van der Waals surface area contributed by atoms with Crippen molar-refractivity contribution in [3.8, 4) is 0 Å². The molecule has 0 bridgehead atoms. The van der Waals surface area contributed by atoms with Crippen LogP contribution in [0.4, 0.5) is 4.79 Å². The molecule has 2 aliphatic heterocycles. The molecule has 7 heteroatoms. The summed E-state index contributed by atoms with van der Waals surface area (Å²) in [6.45, 7) is 6.01. The highest BCUT2D eigenvalue weighted by Crippen LogP contribution is 2.31. The standard InChI is InChI=1S/C13H22N2O4S/c1-9-15(10(7-20-9)11(16)17)12(18)14-8-13(2)3-5-19-6-4-13/h9-10H,3-8H2,1-2H3,(H,14,18)(H,16,17). The van der Waals surface area contributed by atoms with Crippen molar-refractivity contribution in [3.05, 3.63) is 0 Å². The minimum Gasteiger partial charge on any atom is -0.480 e. The predicted octanol–water partition coefficient (Wildman–Crippen LogP) is 1.36. The minimum absolute atomic E-state index is 0.0444. The Hall–Kier alpha value is -0.950. The van der Waals surface area contributed by atoms with Gasteiger partial charge in [0.2, 0.25) is 0 Å². The summed E-state index contributed by atoms with van der Waals surface area (Å²) in [4.78, 5) is 24.9. The molecule has 2 saturated heterocycles. The van der Waals surface area contributed by atoms with Gasteiger partial charge >= 0.3 is 12.0 Å². The van der Waals surface area contributed by atoms with Crippen LogP contribution in [0, 0.1) is 5.41 Å². The number of rotatable bonds is 3. The van der Waals surface area contributed by atoms with E-state index in [-0.39, 0.29) is 16.8 Å². The Bertz CT molecular complexity index is 385. The van der Waals surface area contributed by atoms with Gasteiger partial charge in [0.05, 0.1) is 5.37 Å². The number of carboxylic acids is 1. The average Bonchev–Trinajstić information content (AvgIpc) is 2.79. The number of thioether (sulfide) groups is 1. The maximum atomic E-state index is 12.3. The first-order chi connectivity index (χ1) is 9.43. The number of hydrogen-bond acceptors (Lipinski definition) is 4. The molecule has 0 aromatic heterocycles. The first kappa shape index (κ1) is 15.4. The fourth-order valence-electron chi connectivity index (χ4n) is 2.56. The van der Waals surface area contributed by atoms with Gasteiger partial charge in [-0.1, -0.05) is 6.92 Å². The van der Waals surface area contributed by atoms with E-state index in [9.17, 15) is 9.59 Å². The molecule has 2 heterocycles. The number of carboxylic acid groups (broad SMARTS) is 1. The van der Waals surface area contributed by atoms with Gasteiger partial charge in [-0.2, -0.15) is 0 Å². The van der Waals surface area contributed by atoms with Gasteiger partial charge in [-0.3, -0.25) is 4.90 Å². The molecule has 0 aromatic rings. The second kappa shape index (κ2) is 6.22. The van der Waals surface area contributed by atoms with Crippen LogP contribution in [-0.2, 0) is 9.53 Å². The number of urea groups is 1. The van der Waals surface area contributed by atoms with E-state index in [0.717, 1.165) is 26.1 Å². The first-order valence-electron chi connectivity index (χ1n) is 6.91. The monoisotopic (exact) mass is 302 g/mol. The van der Waals surface area contributed by atoms with E-state index in [4.69, 9.17) is 9.84 Å². The third-order valence-corrected chi connectivity index (χ3v) is 5.33. The van der Waals surface area contributed by atoms with Crippen LogP contribution in [0.3, 0.4) is 0 Å². The second-order valence-corrected chi connectivity index (χ2v) is 7.12. The van der Waals surface area contributed by atoms with Gasteiger partial charge < -0.3 is 15.2 Å². The average molecular weight is 302 g/mol. The normalized spacial score (nSPS) is 29.2. The molecule has 6 nitrogen and oxygen atoms in total. The van der Waals surface area contributed by atoms with Crippen LogP contribution >= 0.6 is 11.8 Å². The van der Waals surface area contributed by atoms with E-state index < -0.39 is 12.0 Å². The van der Waals surface area contributed by atoms with E-state index in [1.165, 1.54) is 16.7 Å². The quantitative estimate of drug-likeness (QED) is 0.823. The van der Waals surface area contributed by atoms with Crippen LogP contribution in [0.2, 0.25) is 0 Å². The van der Waals surface area contributed by atoms with E-state index >= 15 is 0 Å². The molecule has 2 N–H and O–H groups in total. The van der Waals surface area contributed by atoms with Crippen LogP contribution in [-0.4, -0.2) is 58.9 Å². The minimum atomic E-state index is -0.936. The van der Waals surface area contributed by atoms with E-state index in [0.29, 0.717) is 12.3 Å². The Morgan fingerprint density at radius 1 is 1.45 bits per heavy atom. The molecule has 0 aliphatic carbocycles. The van der Waals surface area contributed by atoms with Gasteiger partial charge in [0.1, 0.15) is 6.04 Å². The Kier molecular flexibility index (Phi) is 4.80. The zero-order valence-electron chi connectivity index (χ0n) is 11.9. The maximum absolute atomic E-state index is 12.3. The summed E-state index contributed by atoms with van der Waals surface area (Å²) in [5.74, 6) is -0.482. The number of ether oxygens (including phenoxy) is 1. The summed E-state index contributed by atoms with van der Waals surface area (Å²) >= 11 is 1.49.